The van der Waals surface area contributed by atoms with Crippen molar-refractivity contribution in [2.75, 3.05) is 0 Å². The van der Waals surface area contributed by atoms with Crippen LogP contribution in [0.5, 0.6) is 0 Å². The molecule has 1 aromatic rings. The monoisotopic (exact) mass is 194 g/mol. The van der Waals surface area contributed by atoms with E-state index in [1.165, 1.54) is 0 Å². The molecule has 4 nitrogen and oxygen atoms in total. The number of hydrogen-bond acceptors (Lipinski definition) is 3. The van der Waals surface area contributed by atoms with Crippen LogP contribution in [0.1, 0.15) is 11.3 Å². The fourth-order valence-electron chi connectivity index (χ4n) is 0.726. The molecule has 68 valence electrons. The lowest BCUT2D eigenvalue weighted by atomic mass is 10.3. The molecule has 1 heterocycles. The third kappa shape index (κ3) is 3.62. The highest BCUT2D eigenvalue weighted by Crippen LogP contribution is 1.94. The van der Waals surface area contributed by atoms with E-state index in [1.54, 1.807) is 12.4 Å². The van der Waals surface area contributed by atoms with Crippen LogP contribution in [0.4, 0.5) is 0 Å². The van der Waals surface area contributed by atoms with Gasteiger partial charge < -0.3 is 5.73 Å². The van der Waals surface area contributed by atoms with Crippen LogP contribution in [0.2, 0.25) is 0 Å². The smallest absolute Gasteiger partial charge is 0.184 e. The van der Waals surface area contributed by atoms with E-state index < -0.39 is 0 Å². The van der Waals surface area contributed by atoms with Crippen molar-refractivity contribution >= 4 is 23.5 Å². The second kappa shape index (κ2) is 4.51. The van der Waals surface area contributed by atoms with Crippen LogP contribution in [-0.2, 0) is 0 Å². The zero-order chi connectivity index (χ0) is 9.68. The van der Waals surface area contributed by atoms with Crippen LogP contribution in [0.25, 0.3) is 0 Å². The summed E-state index contributed by atoms with van der Waals surface area (Å²) in [6.45, 7) is 1.92. The van der Waals surface area contributed by atoms with E-state index in [1.807, 2.05) is 19.1 Å². The van der Waals surface area contributed by atoms with Gasteiger partial charge in [-0.15, -0.1) is 0 Å². The van der Waals surface area contributed by atoms with E-state index in [4.69, 9.17) is 5.73 Å². The molecule has 3 N–H and O–H groups in total. The molecule has 0 aliphatic carbocycles. The summed E-state index contributed by atoms with van der Waals surface area (Å²) in [6.07, 6.45) is 3.33. The minimum Gasteiger partial charge on any atom is -0.375 e. The van der Waals surface area contributed by atoms with Crippen molar-refractivity contribution in [1.29, 1.82) is 0 Å². The minimum atomic E-state index is 0.149. The molecule has 1 aromatic heterocycles. The molecule has 0 radical (unpaired) electrons. The highest BCUT2D eigenvalue weighted by atomic mass is 32.1. The molecular weight excluding hydrogens is 184 g/mol. The van der Waals surface area contributed by atoms with Crippen LogP contribution in [0.3, 0.4) is 0 Å². The molecule has 0 unspecified atom stereocenters. The molecule has 0 saturated heterocycles. The van der Waals surface area contributed by atoms with Gasteiger partial charge in [0.2, 0.25) is 0 Å². The fourth-order valence-corrected chi connectivity index (χ4v) is 0.779. The topological polar surface area (TPSA) is 63.3 Å². The number of nitrogens with two attached hydrogens (primary N) is 1. The standard InChI is InChI=1S/C8H10N4S/c1-6-2-3-7(4-10-6)5-11-12-8(9)13/h2-5H,1H3,(H3,9,12,13)/b11-5+. The zero-order valence-corrected chi connectivity index (χ0v) is 8.01. The molecule has 0 aliphatic rings. The Morgan fingerprint density at radius 3 is 3.00 bits per heavy atom. The van der Waals surface area contributed by atoms with Crippen molar-refractivity contribution in [3.63, 3.8) is 0 Å². The Hall–Kier alpha value is -1.49. The Bertz CT molecular complexity index is 317. The quantitative estimate of drug-likeness (QED) is 0.410. The Morgan fingerprint density at radius 1 is 1.69 bits per heavy atom. The van der Waals surface area contributed by atoms with Gasteiger partial charge in [0.15, 0.2) is 5.11 Å². The van der Waals surface area contributed by atoms with E-state index in [-0.39, 0.29) is 5.11 Å². The molecule has 0 aliphatic heterocycles. The fraction of sp³-hybridized carbons (Fsp3) is 0.125. The normalized spacial score (nSPS) is 10.2. The predicted molar refractivity (Wildman–Crippen MR) is 56.5 cm³/mol. The summed E-state index contributed by atoms with van der Waals surface area (Å²) in [5.74, 6) is 0. The number of nitrogens with zero attached hydrogens (tertiary/aromatic N) is 2. The first-order chi connectivity index (χ1) is 6.18. The van der Waals surface area contributed by atoms with Crippen molar-refractivity contribution in [3.05, 3.63) is 29.6 Å². The Morgan fingerprint density at radius 2 is 2.46 bits per heavy atom. The summed E-state index contributed by atoms with van der Waals surface area (Å²) in [4.78, 5) is 4.09. The predicted octanol–water partition coefficient (Wildman–Crippen LogP) is 0.557. The van der Waals surface area contributed by atoms with Crippen LogP contribution in [0, 0.1) is 6.92 Å². The van der Waals surface area contributed by atoms with Gasteiger partial charge in [0.05, 0.1) is 6.21 Å². The van der Waals surface area contributed by atoms with Gasteiger partial charge in [0, 0.05) is 17.5 Å². The second-order valence-electron chi connectivity index (χ2n) is 2.47. The van der Waals surface area contributed by atoms with Crippen molar-refractivity contribution < 1.29 is 0 Å². The molecule has 0 fully saturated rings. The molecule has 0 saturated carbocycles. The van der Waals surface area contributed by atoms with Gasteiger partial charge in [-0.25, -0.2) is 0 Å². The number of thiocarbonyl (C=S) groups is 1. The van der Waals surface area contributed by atoms with Crippen molar-refractivity contribution in [1.82, 2.24) is 10.4 Å². The highest BCUT2D eigenvalue weighted by Gasteiger charge is 1.87. The lowest BCUT2D eigenvalue weighted by molar-refractivity contribution is 1.04. The molecule has 0 bridgehead atoms. The van der Waals surface area contributed by atoms with Crippen LogP contribution in [0.15, 0.2) is 23.4 Å². The maximum Gasteiger partial charge on any atom is 0.184 e. The van der Waals surface area contributed by atoms with Crippen LogP contribution < -0.4 is 11.2 Å². The summed E-state index contributed by atoms with van der Waals surface area (Å²) in [5, 5.41) is 3.94. The number of aromatic nitrogens is 1. The Kier molecular flexibility index (Phi) is 3.33. The van der Waals surface area contributed by atoms with Crippen molar-refractivity contribution in [2.45, 2.75) is 6.92 Å². The molecule has 1 rings (SSSR count). The van der Waals surface area contributed by atoms with Gasteiger partial charge in [0.25, 0.3) is 0 Å². The van der Waals surface area contributed by atoms with E-state index in [9.17, 15) is 0 Å². The molecule has 0 aromatic carbocycles. The number of pyridine rings is 1. The summed E-state index contributed by atoms with van der Waals surface area (Å²) < 4.78 is 0. The third-order valence-electron chi connectivity index (χ3n) is 1.32. The minimum absolute atomic E-state index is 0.149. The highest BCUT2D eigenvalue weighted by molar-refractivity contribution is 7.80. The maximum atomic E-state index is 5.17. The van der Waals surface area contributed by atoms with E-state index >= 15 is 0 Å². The first-order valence-corrected chi connectivity index (χ1v) is 4.10. The van der Waals surface area contributed by atoms with Gasteiger partial charge >= 0.3 is 0 Å². The lowest BCUT2D eigenvalue weighted by Gasteiger charge is -1.94. The SMILES string of the molecule is Cc1ccc(/C=N/NC(N)=S)cn1. The van der Waals surface area contributed by atoms with Crippen molar-refractivity contribution in [3.8, 4) is 0 Å². The van der Waals surface area contributed by atoms with E-state index in [0.717, 1.165) is 11.3 Å². The number of hydrogen-bond donors (Lipinski definition) is 2. The van der Waals surface area contributed by atoms with Gasteiger partial charge in [0.1, 0.15) is 0 Å². The largest absolute Gasteiger partial charge is 0.375 e. The number of hydrazone groups is 1. The van der Waals surface area contributed by atoms with Crippen LogP contribution in [-0.4, -0.2) is 16.3 Å². The van der Waals surface area contributed by atoms with E-state index in [0.29, 0.717) is 0 Å². The van der Waals surface area contributed by atoms with Crippen molar-refractivity contribution in [2.24, 2.45) is 10.8 Å². The molecule has 0 amide bonds. The van der Waals surface area contributed by atoms with Gasteiger partial charge in [-0.2, -0.15) is 5.10 Å². The molecule has 0 atom stereocenters. The summed E-state index contributed by atoms with van der Waals surface area (Å²) in [5.41, 5.74) is 9.50. The third-order valence-corrected chi connectivity index (χ3v) is 1.41. The van der Waals surface area contributed by atoms with E-state index in [2.05, 4.69) is 27.7 Å². The molecular formula is C8H10N4S. The maximum absolute atomic E-state index is 5.17. The first-order valence-electron chi connectivity index (χ1n) is 3.69. The van der Waals surface area contributed by atoms with Gasteiger partial charge in [-0.1, -0.05) is 6.07 Å². The molecule has 0 spiro atoms. The first kappa shape index (κ1) is 9.60. The molecule has 13 heavy (non-hydrogen) atoms. The number of rotatable bonds is 2. The number of nitrogens with one attached hydrogen (secondary N) is 1. The summed E-state index contributed by atoms with van der Waals surface area (Å²) in [7, 11) is 0. The van der Waals surface area contributed by atoms with Gasteiger partial charge in [-0.3, -0.25) is 10.4 Å². The molecule has 5 heteroatoms. The number of aryl methyl sites for hydroxylation is 1. The van der Waals surface area contributed by atoms with Crippen LogP contribution >= 0.6 is 12.2 Å². The zero-order valence-electron chi connectivity index (χ0n) is 7.19. The second-order valence-corrected chi connectivity index (χ2v) is 2.91. The Balaban J connectivity index is 2.59. The lowest BCUT2D eigenvalue weighted by Crippen LogP contribution is -2.23. The summed E-state index contributed by atoms with van der Waals surface area (Å²) in [6, 6.07) is 3.81. The van der Waals surface area contributed by atoms with Gasteiger partial charge in [-0.05, 0) is 25.2 Å². The summed E-state index contributed by atoms with van der Waals surface area (Å²) >= 11 is 4.57. The Labute approximate surface area is 81.9 Å². The average molecular weight is 194 g/mol. The average Bonchev–Trinajstić information content (AvgIpc) is 2.08.